The Hall–Kier alpha value is -0.870. The Morgan fingerprint density at radius 1 is 1.38 bits per heavy atom. The lowest BCUT2D eigenvalue weighted by Gasteiger charge is -2.43. The number of hydrogen-bond acceptors (Lipinski definition) is 3. The first-order valence-electron chi connectivity index (χ1n) is 8.58. The highest BCUT2D eigenvalue weighted by molar-refractivity contribution is 5.01. The minimum Gasteiger partial charge on any atom is -0.375 e. The molecule has 4 nitrogen and oxygen atoms in total. The molecule has 3 rings (SSSR count). The van der Waals surface area contributed by atoms with Crippen LogP contribution in [0.15, 0.2) is 12.3 Å². The fourth-order valence-corrected chi connectivity index (χ4v) is 3.76. The Balaban J connectivity index is 1.63. The lowest BCUT2D eigenvalue weighted by atomic mass is 9.78. The summed E-state index contributed by atoms with van der Waals surface area (Å²) in [4.78, 5) is 0. The molecule has 0 bridgehead atoms. The van der Waals surface area contributed by atoms with Crippen LogP contribution in [0.2, 0.25) is 0 Å². The topological polar surface area (TPSA) is 39.1 Å². The van der Waals surface area contributed by atoms with E-state index in [0.29, 0.717) is 12.1 Å². The molecular weight excluding hydrogens is 262 g/mol. The van der Waals surface area contributed by atoms with Gasteiger partial charge in [-0.3, -0.25) is 4.68 Å². The Labute approximate surface area is 128 Å². The standard InChI is InChI=1S/C17H29N3O/c1-14(2)18-13-15-6-10-20(19-15)16-7-11-21-17(12-16)8-4-3-5-9-17/h6,10,14,16,18H,3-5,7-9,11-13H2,1-2H3. The van der Waals surface area contributed by atoms with Crippen molar-refractivity contribution >= 4 is 0 Å². The van der Waals surface area contributed by atoms with Crippen molar-refractivity contribution in [2.75, 3.05) is 6.61 Å². The summed E-state index contributed by atoms with van der Waals surface area (Å²) in [5.41, 5.74) is 1.30. The smallest absolute Gasteiger partial charge is 0.0762 e. The van der Waals surface area contributed by atoms with E-state index in [1.54, 1.807) is 0 Å². The quantitative estimate of drug-likeness (QED) is 0.923. The monoisotopic (exact) mass is 291 g/mol. The zero-order chi connectivity index (χ0) is 14.7. The molecule has 1 spiro atoms. The van der Waals surface area contributed by atoms with E-state index in [1.807, 2.05) is 0 Å². The Bertz CT molecular complexity index is 443. The molecule has 4 heteroatoms. The minimum atomic E-state index is 0.156. The molecule has 1 saturated carbocycles. The predicted molar refractivity (Wildman–Crippen MR) is 84.2 cm³/mol. The normalized spacial score (nSPS) is 25.6. The van der Waals surface area contributed by atoms with E-state index in [9.17, 15) is 0 Å². The largest absolute Gasteiger partial charge is 0.375 e. The molecule has 0 radical (unpaired) electrons. The van der Waals surface area contributed by atoms with Crippen molar-refractivity contribution in [3.63, 3.8) is 0 Å². The first-order chi connectivity index (χ1) is 10.2. The molecule has 1 aromatic heterocycles. The van der Waals surface area contributed by atoms with Crippen LogP contribution in [0.1, 0.15) is 70.5 Å². The van der Waals surface area contributed by atoms with Crippen LogP contribution < -0.4 is 5.32 Å². The molecule has 1 aliphatic carbocycles. The van der Waals surface area contributed by atoms with Gasteiger partial charge in [0.25, 0.3) is 0 Å². The zero-order valence-electron chi connectivity index (χ0n) is 13.5. The Kier molecular flexibility index (Phi) is 4.65. The predicted octanol–water partition coefficient (Wildman–Crippen LogP) is 3.44. The van der Waals surface area contributed by atoms with Gasteiger partial charge in [-0.1, -0.05) is 33.1 Å². The molecule has 1 aromatic rings. The lowest BCUT2D eigenvalue weighted by molar-refractivity contribution is -0.115. The summed E-state index contributed by atoms with van der Waals surface area (Å²) in [6, 6.07) is 3.17. The molecule has 1 aliphatic heterocycles. The summed E-state index contributed by atoms with van der Waals surface area (Å²) in [6.07, 6.45) is 10.9. The highest BCUT2D eigenvalue weighted by Gasteiger charge is 2.39. The maximum atomic E-state index is 6.19. The van der Waals surface area contributed by atoms with Gasteiger partial charge in [0.2, 0.25) is 0 Å². The molecule has 0 amide bonds. The average Bonchev–Trinajstić information content (AvgIpc) is 2.95. The van der Waals surface area contributed by atoms with Crippen LogP contribution in [0.3, 0.4) is 0 Å². The number of nitrogens with one attached hydrogen (secondary N) is 1. The highest BCUT2D eigenvalue weighted by atomic mass is 16.5. The Morgan fingerprint density at radius 3 is 2.95 bits per heavy atom. The van der Waals surface area contributed by atoms with Crippen LogP contribution in [-0.4, -0.2) is 28.0 Å². The van der Waals surface area contributed by atoms with Gasteiger partial charge in [-0.05, 0) is 31.7 Å². The Morgan fingerprint density at radius 2 is 2.19 bits per heavy atom. The van der Waals surface area contributed by atoms with Crippen LogP contribution in [0.25, 0.3) is 0 Å². The van der Waals surface area contributed by atoms with Gasteiger partial charge in [0.1, 0.15) is 0 Å². The summed E-state index contributed by atoms with van der Waals surface area (Å²) >= 11 is 0. The molecule has 2 aliphatic rings. The van der Waals surface area contributed by atoms with E-state index >= 15 is 0 Å². The zero-order valence-corrected chi connectivity index (χ0v) is 13.5. The summed E-state index contributed by atoms with van der Waals surface area (Å²) < 4.78 is 8.38. The van der Waals surface area contributed by atoms with Crippen LogP contribution >= 0.6 is 0 Å². The van der Waals surface area contributed by atoms with Gasteiger partial charge in [-0.25, -0.2) is 0 Å². The van der Waals surface area contributed by atoms with Gasteiger partial charge in [0, 0.05) is 25.4 Å². The lowest BCUT2D eigenvalue weighted by Crippen LogP contribution is -2.42. The van der Waals surface area contributed by atoms with Crippen molar-refractivity contribution in [2.45, 2.75) is 83.0 Å². The maximum Gasteiger partial charge on any atom is 0.0762 e. The second-order valence-corrected chi connectivity index (χ2v) is 7.06. The van der Waals surface area contributed by atoms with Crippen LogP contribution in [0.4, 0.5) is 0 Å². The second-order valence-electron chi connectivity index (χ2n) is 7.06. The molecule has 0 aromatic carbocycles. The number of rotatable bonds is 4. The van der Waals surface area contributed by atoms with E-state index in [4.69, 9.17) is 9.84 Å². The number of nitrogens with zero attached hydrogens (tertiary/aromatic N) is 2. The molecule has 1 N–H and O–H groups in total. The van der Waals surface area contributed by atoms with Gasteiger partial charge in [-0.15, -0.1) is 0 Å². The second kappa shape index (κ2) is 6.49. The van der Waals surface area contributed by atoms with Crippen LogP contribution in [0.5, 0.6) is 0 Å². The van der Waals surface area contributed by atoms with Gasteiger partial charge in [-0.2, -0.15) is 5.10 Å². The molecule has 2 heterocycles. The number of aromatic nitrogens is 2. The van der Waals surface area contributed by atoms with Gasteiger partial charge >= 0.3 is 0 Å². The molecule has 1 unspecified atom stereocenters. The van der Waals surface area contributed by atoms with Crippen molar-refractivity contribution in [3.05, 3.63) is 18.0 Å². The summed E-state index contributed by atoms with van der Waals surface area (Å²) in [5.74, 6) is 0. The van der Waals surface area contributed by atoms with Gasteiger partial charge in [0.15, 0.2) is 0 Å². The third-order valence-electron chi connectivity index (χ3n) is 4.96. The summed E-state index contributed by atoms with van der Waals surface area (Å²) in [5, 5.41) is 8.22. The van der Waals surface area contributed by atoms with Gasteiger partial charge in [0.05, 0.1) is 17.3 Å². The van der Waals surface area contributed by atoms with Crippen molar-refractivity contribution in [3.8, 4) is 0 Å². The molecule has 2 fully saturated rings. The van der Waals surface area contributed by atoms with Crippen LogP contribution in [-0.2, 0) is 11.3 Å². The number of hydrogen-bond donors (Lipinski definition) is 1. The fourth-order valence-electron chi connectivity index (χ4n) is 3.76. The first kappa shape index (κ1) is 15.0. The SMILES string of the molecule is CC(C)NCc1ccn(C2CCOC3(CCCCC3)C2)n1. The third-order valence-corrected chi connectivity index (χ3v) is 4.96. The molecule has 118 valence electrons. The van der Waals surface area contributed by atoms with Crippen molar-refractivity contribution in [1.29, 1.82) is 0 Å². The maximum absolute atomic E-state index is 6.19. The van der Waals surface area contributed by atoms with Crippen LogP contribution in [0, 0.1) is 0 Å². The fraction of sp³-hybridized carbons (Fsp3) is 0.824. The summed E-state index contributed by atoms with van der Waals surface area (Å²) in [7, 11) is 0. The summed E-state index contributed by atoms with van der Waals surface area (Å²) in [6.45, 7) is 6.09. The van der Waals surface area contributed by atoms with Gasteiger partial charge < -0.3 is 10.1 Å². The van der Waals surface area contributed by atoms with E-state index in [1.165, 1.54) is 32.1 Å². The molecular formula is C17H29N3O. The number of ether oxygens (including phenoxy) is 1. The molecule has 21 heavy (non-hydrogen) atoms. The van der Waals surface area contributed by atoms with E-state index in [0.717, 1.165) is 31.7 Å². The van der Waals surface area contributed by atoms with E-state index in [-0.39, 0.29) is 5.60 Å². The molecule has 1 saturated heterocycles. The minimum absolute atomic E-state index is 0.156. The highest BCUT2D eigenvalue weighted by Crippen LogP contribution is 2.42. The van der Waals surface area contributed by atoms with E-state index < -0.39 is 0 Å². The van der Waals surface area contributed by atoms with Crippen molar-refractivity contribution < 1.29 is 4.74 Å². The third kappa shape index (κ3) is 3.67. The first-order valence-corrected chi connectivity index (χ1v) is 8.58. The molecule has 1 atom stereocenters. The van der Waals surface area contributed by atoms with E-state index in [2.05, 4.69) is 36.1 Å². The average molecular weight is 291 g/mol. The van der Waals surface area contributed by atoms with Crippen molar-refractivity contribution in [1.82, 2.24) is 15.1 Å². The van der Waals surface area contributed by atoms with Crippen molar-refractivity contribution in [2.24, 2.45) is 0 Å².